The Morgan fingerprint density at radius 2 is 0.811 bits per heavy atom. The lowest BCUT2D eigenvalue weighted by atomic mass is 10.1. The van der Waals surface area contributed by atoms with Crippen LogP contribution in [0, 0.1) is 0 Å². The number of aromatic nitrogens is 6. The van der Waals surface area contributed by atoms with Gasteiger partial charge >= 0.3 is 22.7 Å². The number of sulfonamides is 1. The number of hydrogen-bond donors (Lipinski definition) is 14. The summed E-state index contributed by atoms with van der Waals surface area (Å²) >= 11 is -5.62. The van der Waals surface area contributed by atoms with E-state index in [0.717, 1.165) is 9.87 Å². The molecular formula is C55H76N14O18S3. The predicted octanol–water partition coefficient (Wildman–Crippen LogP) is 2.65. The molecule has 0 fully saturated rings. The summed E-state index contributed by atoms with van der Waals surface area (Å²) in [6.45, 7) is 2.97. The van der Waals surface area contributed by atoms with Gasteiger partial charge in [-0.15, -0.1) is 0 Å². The lowest BCUT2D eigenvalue weighted by Crippen LogP contribution is -2.35. The molecule has 0 radical (unpaired) electrons. The highest BCUT2D eigenvalue weighted by Gasteiger charge is 2.24. The Bertz CT molecular complexity index is 3290. The lowest BCUT2D eigenvalue weighted by Gasteiger charge is -2.20. The van der Waals surface area contributed by atoms with Gasteiger partial charge in [0.1, 0.15) is 0 Å². The van der Waals surface area contributed by atoms with Crippen molar-refractivity contribution < 1.29 is 83.9 Å². The van der Waals surface area contributed by atoms with Crippen molar-refractivity contribution in [2.45, 2.75) is 24.3 Å². The number of ether oxygens (including phenoxy) is 4. The van der Waals surface area contributed by atoms with Crippen molar-refractivity contribution in [2.24, 2.45) is 0 Å². The van der Waals surface area contributed by atoms with Gasteiger partial charge in [0.05, 0.1) is 84.2 Å². The standard InChI is InChI=1S/C55H76N14O18S3/c70-23-19-68(20-24-71)39-40-3-9-43(10-4-40)58-52-62-50(56-17-1-29-82-33-35-84-31-27-74)64-54(66-52)60-45-11-7-41(48(37-45)86-88(76)77)5-6-42-8-12-46(38-49(42)87-89(78)79)61-55-65-51(57-18-2-30-83-34-36-85-32-28-75)63-53(67-55)59-44-13-15-47(16-14-44)90(80,81)69(21-25-72)22-26-73/h3-16,37-38,70-75H,1-2,17-36,39H2,(H,76,77)(H,78,79)(H3,56,58,60,62,64,66)(H3,57,59,61,63,65,67)/b6-5+. The molecule has 0 bridgehead atoms. The van der Waals surface area contributed by atoms with Gasteiger partial charge < -0.3 is 89.9 Å². The number of aliphatic hydroxyl groups excluding tert-OH is 6. The summed E-state index contributed by atoms with van der Waals surface area (Å²) in [6, 6.07) is 22.3. The average molecular weight is 1320 g/mol. The van der Waals surface area contributed by atoms with E-state index >= 15 is 0 Å². The Labute approximate surface area is 525 Å². The molecule has 0 saturated carbocycles. The van der Waals surface area contributed by atoms with E-state index in [2.05, 4.69) is 61.8 Å². The predicted molar refractivity (Wildman–Crippen MR) is 336 cm³/mol. The minimum absolute atomic E-state index is 0.0117. The van der Waals surface area contributed by atoms with Gasteiger partial charge in [0.15, 0.2) is 11.5 Å². The lowest BCUT2D eigenvalue weighted by molar-refractivity contribution is 0.0331. The van der Waals surface area contributed by atoms with Crippen molar-refractivity contribution >= 4 is 103 Å². The van der Waals surface area contributed by atoms with Gasteiger partial charge in [-0.3, -0.25) is 14.0 Å². The van der Waals surface area contributed by atoms with Crippen LogP contribution in [0.4, 0.5) is 58.4 Å². The van der Waals surface area contributed by atoms with Crippen molar-refractivity contribution in [3.63, 3.8) is 0 Å². The fraction of sp³-hybridized carbons (Fsp3) is 0.418. The number of nitrogens with zero attached hydrogens (tertiary/aromatic N) is 8. The zero-order valence-corrected chi connectivity index (χ0v) is 51.4. The molecule has 2 heterocycles. The van der Waals surface area contributed by atoms with E-state index in [0.29, 0.717) is 102 Å². The normalized spacial score (nSPS) is 12.3. The molecule has 0 aliphatic carbocycles. The first kappa shape index (κ1) is 71.8. The first-order valence-corrected chi connectivity index (χ1v) is 31.7. The molecule has 6 rings (SSSR count). The maximum Gasteiger partial charge on any atom is 0.357 e. The first-order chi connectivity index (χ1) is 43.7. The summed E-state index contributed by atoms with van der Waals surface area (Å²) in [6.07, 6.45) is 4.13. The summed E-state index contributed by atoms with van der Waals surface area (Å²) in [5, 5.41) is 74.3. The van der Waals surface area contributed by atoms with Crippen LogP contribution >= 0.6 is 0 Å². The second-order valence-electron chi connectivity index (χ2n) is 18.8. The molecule has 2 unspecified atom stereocenters. The van der Waals surface area contributed by atoms with E-state index in [1.807, 2.05) is 29.2 Å². The Balaban J connectivity index is 1.22. The smallest absolute Gasteiger partial charge is 0.357 e. The highest BCUT2D eigenvalue weighted by molar-refractivity contribution is 7.89. The van der Waals surface area contributed by atoms with Crippen LogP contribution in [-0.4, -0.2) is 227 Å². The fourth-order valence-corrected chi connectivity index (χ4v) is 10.1. The van der Waals surface area contributed by atoms with E-state index in [4.69, 9.17) is 37.5 Å². The van der Waals surface area contributed by atoms with Crippen molar-refractivity contribution in [1.82, 2.24) is 39.1 Å². The van der Waals surface area contributed by atoms with Crippen molar-refractivity contribution in [3.05, 3.63) is 102 Å². The summed E-state index contributed by atoms with van der Waals surface area (Å²) in [4.78, 5) is 29.0. The maximum atomic E-state index is 13.3. The van der Waals surface area contributed by atoms with Gasteiger partial charge in [0.2, 0.25) is 45.7 Å². The van der Waals surface area contributed by atoms with E-state index in [1.165, 1.54) is 48.6 Å². The molecular weight excluding hydrogens is 1240 g/mol. The Morgan fingerprint density at radius 3 is 1.20 bits per heavy atom. The zero-order chi connectivity index (χ0) is 64.4. The summed E-state index contributed by atoms with van der Waals surface area (Å²) in [7, 11) is -4.06. The number of rotatable bonds is 46. The molecule has 0 aliphatic heterocycles. The van der Waals surface area contributed by atoms with Crippen molar-refractivity contribution in [3.8, 4) is 11.5 Å². The third-order valence-corrected chi connectivity index (χ3v) is 14.7. The van der Waals surface area contributed by atoms with E-state index in [9.17, 15) is 46.4 Å². The van der Waals surface area contributed by atoms with Crippen LogP contribution in [-0.2, 0) is 58.2 Å². The van der Waals surface area contributed by atoms with Gasteiger partial charge in [-0.05, 0) is 79.1 Å². The second-order valence-corrected chi connectivity index (χ2v) is 21.9. The Morgan fingerprint density at radius 1 is 0.444 bits per heavy atom. The van der Waals surface area contributed by atoms with Gasteiger partial charge in [-0.1, -0.05) is 24.3 Å². The largest absolute Gasteiger partial charge is 0.395 e. The summed E-state index contributed by atoms with van der Waals surface area (Å²) in [5.74, 6) is 0.366. The number of benzene rings is 4. The van der Waals surface area contributed by atoms with Gasteiger partial charge in [-0.2, -0.15) is 42.6 Å². The highest BCUT2D eigenvalue weighted by atomic mass is 32.2. The fourth-order valence-electron chi connectivity index (χ4n) is 8.09. The first-order valence-electron chi connectivity index (χ1n) is 28.2. The van der Waals surface area contributed by atoms with Gasteiger partial charge in [0, 0.05) is 105 Å². The van der Waals surface area contributed by atoms with Crippen LogP contribution in [0.3, 0.4) is 0 Å². The molecule has 6 aromatic rings. The molecule has 2 atom stereocenters. The molecule has 0 saturated heterocycles. The molecule has 90 heavy (non-hydrogen) atoms. The van der Waals surface area contributed by atoms with E-state index < -0.39 is 46.0 Å². The minimum Gasteiger partial charge on any atom is -0.395 e. The molecule has 0 spiro atoms. The average Bonchev–Trinajstić information content (AvgIpc) is 1.23. The third kappa shape index (κ3) is 25.5. The SMILES string of the molecule is O=S(O)Oc1cc(Nc2nc(NCCCOCCOCCO)nc(Nc3ccc(CN(CCO)CCO)cc3)n2)ccc1/C=C/c1ccc(Nc2nc(NCCCOCCOCCO)nc(Nc3ccc(S(=O)(=O)N(CCO)CCO)cc3)n2)cc1OS(=O)O. The number of nitrogens with one attached hydrogen (secondary N) is 6. The summed E-state index contributed by atoms with van der Waals surface area (Å²) in [5.41, 5.74) is 3.13. The molecule has 492 valence electrons. The highest BCUT2D eigenvalue weighted by Crippen LogP contribution is 2.32. The molecule has 14 N–H and O–H groups in total. The van der Waals surface area contributed by atoms with E-state index in [-0.39, 0.29) is 122 Å². The second kappa shape index (κ2) is 39.8. The van der Waals surface area contributed by atoms with Crippen LogP contribution in [0.25, 0.3) is 12.2 Å². The molecule has 0 aliphatic rings. The molecule has 0 amide bonds. The van der Waals surface area contributed by atoms with E-state index in [1.54, 1.807) is 24.3 Å². The zero-order valence-electron chi connectivity index (χ0n) is 49.0. The maximum absolute atomic E-state index is 13.3. The van der Waals surface area contributed by atoms with Crippen LogP contribution in [0.2, 0.25) is 0 Å². The monoisotopic (exact) mass is 1320 g/mol. The number of anilines is 10. The van der Waals surface area contributed by atoms with Crippen LogP contribution in [0.5, 0.6) is 11.5 Å². The van der Waals surface area contributed by atoms with Crippen molar-refractivity contribution in [1.29, 1.82) is 0 Å². The van der Waals surface area contributed by atoms with Crippen molar-refractivity contribution in [2.75, 3.05) is 164 Å². The van der Waals surface area contributed by atoms with Gasteiger partial charge in [-0.25, -0.2) is 8.42 Å². The van der Waals surface area contributed by atoms with Crippen LogP contribution < -0.4 is 40.3 Å². The van der Waals surface area contributed by atoms with Crippen LogP contribution in [0.1, 0.15) is 29.5 Å². The third-order valence-electron chi connectivity index (χ3n) is 12.2. The molecule has 2 aromatic heterocycles. The quantitative estimate of drug-likeness (QED) is 0.0148. The Hall–Kier alpha value is -7.27. The molecule has 35 heteroatoms. The summed E-state index contributed by atoms with van der Waals surface area (Å²) < 4.78 is 104. The molecule has 4 aromatic carbocycles. The molecule has 32 nitrogen and oxygen atoms in total. The Kier molecular flexibility index (Phi) is 31.7. The number of hydrogen-bond acceptors (Lipinski definition) is 29. The van der Waals surface area contributed by atoms with Gasteiger partial charge in [0.25, 0.3) is 0 Å². The number of aliphatic hydroxyl groups is 6. The minimum atomic E-state index is -4.06. The van der Waals surface area contributed by atoms with Crippen LogP contribution in [0.15, 0.2) is 89.8 Å². The topological polar surface area (TPSA) is 442 Å².